The predicted molar refractivity (Wildman–Crippen MR) is 53.8 cm³/mol. The van der Waals surface area contributed by atoms with E-state index in [0.717, 1.165) is 51.5 Å². The Morgan fingerprint density at radius 3 is 2.79 bits per heavy atom. The fourth-order valence-electron chi connectivity index (χ4n) is 2.39. The molecule has 1 aliphatic heterocycles. The molecule has 1 saturated heterocycles. The number of nitrogens with one attached hydrogen (secondary N) is 1. The average Bonchev–Trinajstić information content (AvgIpc) is 2.14. The van der Waals surface area contributed by atoms with Gasteiger partial charge in [0.25, 0.3) is 0 Å². The second-order valence-corrected chi connectivity index (χ2v) is 4.75. The molecule has 0 aromatic heterocycles. The van der Waals surface area contributed by atoms with E-state index in [0.29, 0.717) is 0 Å². The normalized spacial score (nSPS) is 30.6. The molecule has 1 amide bonds. The van der Waals surface area contributed by atoms with Crippen molar-refractivity contribution in [2.75, 3.05) is 6.54 Å². The Bertz CT molecular complexity index is 223. The highest BCUT2D eigenvalue weighted by Crippen LogP contribution is 2.37. The lowest BCUT2D eigenvalue weighted by molar-refractivity contribution is -0.127. The van der Waals surface area contributed by atoms with Crippen LogP contribution in [-0.4, -0.2) is 23.2 Å². The molecule has 1 atom stereocenters. The van der Waals surface area contributed by atoms with Crippen molar-refractivity contribution in [3.63, 3.8) is 0 Å². The lowest BCUT2D eigenvalue weighted by Crippen LogP contribution is -2.40. The molecule has 0 aromatic carbocycles. The fraction of sp³-hybridized carbons (Fsp3) is 0.909. The zero-order valence-electron chi connectivity index (χ0n) is 8.59. The van der Waals surface area contributed by atoms with Gasteiger partial charge in [0.1, 0.15) is 0 Å². The highest BCUT2D eigenvalue weighted by atomic mass is 16.3. The molecule has 3 nitrogen and oxygen atoms in total. The summed E-state index contributed by atoms with van der Waals surface area (Å²) in [5, 5.41) is 12.8. The van der Waals surface area contributed by atoms with E-state index in [9.17, 15) is 9.90 Å². The van der Waals surface area contributed by atoms with Gasteiger partial charge in [0.05, 0.1) is 5.60 Å². The number of rotatable bonds is 3. The summed E-state index contributed by atoms with van der Waals surface area (Å²) in [6, 6.07) is 0. The van der Waals surface area contributed by atoms with Crippen LogP contribution in [0.25, 0.3) is 0 Å². The second kappa shape index (κ2) is 3.89. The number of piperidine rings is 1. The summed E-state index contributed by atoms with van der Waals surface area (Å²) in [6.07, 6.45) is 6.78. The highest BCUT2D eigenvalue weighted by Gasteiger charge is 2.35. The van der Waals surface area contributed by atoms with E-state index in [1.807, 2.05) is 0 Å². The van der Waals surface area contributed by atoms with Crippen molar-refractivity contribution in [3.05, 3.63) is 0 Å². The summed E-state index contributed by atoms with van der Waals surface area (Å²) >= 11 is 0. The SMILES string of the molecule is O=C1NCCCC1CCC1(O)CCC1. The van der Waals surface area contributed by atoms with Crippen LogP contribution in [0.3, 0.4) is 0 Å². The van der Waals surface area contributed by atoms with Gasteiger partial charge in [-0.05, 0) is 44.9 Å². The minimum absolute atomic E-state index is 0.161. The molecule has 3 heteroatoms. The monoisotopic (exact) mass is 197 g/mol. The number of aliphatic hydroxyl groups is 1. The van der Waals surface area contributed by atoms with E-state index < -0.39 is 5.60 Å². The van der Waals surface area contributed by atoms with E-state index >= 15 is 0 Å². The average molecular weight is 197 g/mol. The minimum atomic E-state index is -0.419. The Morgan fingerprint density at radius 1 is 1.43 bits per heavy atom. The number of carbonyl (C=O) groups is 1. The van der Waals surface area contributed by atoms with Crippen LogP contribution in [0, 0.1) is 5.92 Å². The van der Waals surface area contributed by atoms with Crippen LogP contribution in [0.15, 0.2) is 0 Å². The smallest absolute Gasteiger partial charge is 0.223 e. The first-order valence-electron chi connectivity index (χ1n) is 5.70. The maximum atomic E-state index is 11.4. The first-order valence-corrected chi connectivity index (χ1v) is 5.70. The van der Waals surface area contributed by atoms with Crippen LogP contribution in [0.4, 0.5) is 0 Å². The second-order valence-electron chi connectivity index (χ2n) is 4.75. The lowest BCUT2D eigenvalue weighted by atomic mass is 9.75. The first kappa shape index (κ1) is 9.97. The van der Waals surface area contributed by atoms with Crippen molar-refractivity contribution in [2.24, 2.45) is 5.92 Å². The molecule has 0 aromatic rings. The van der Waals surface area contributed by atoms with E-state index in [4.69, 9.17) is 0 Å². The van der Waals surface area contributed by atoms with E-state index in [-0.39, 0.29) is 11.8 Å². The topological polar surface area (TPSA) is 49.3 Å². The molecular formula is C11H19NO2. The third-order valence-electron chi connectivity index (χ3n) is 3.64. The van der Waals surface area contributed by atoms with Gasteiger partial charge in [-0.15, -0.1) is 0 Å². The summed E-state index contributed by atoms with van der Waals surface area (Å²) in [6.45, 7) is 0.833. The van der Waals surface area contributed by atoms with Crippen LogP contribution in [0.5, 0.6) is 0 Å². The molecule has 1 saturated carbocycles. The van der Waals surface area contributed by atoms with Crippen LogP contribution in [0.1, 0.15) is 44.9 Å². The van der Waals surface area contributed by atoms with Gasteiger partial charge >= 0.3 is 0 Å². The van der Waals surface area contributed by atoms with Crippen molar-refractivity contribution in [3.8, 4) is 0 Å². The van der Waals surface area contributed by atoms with Gasteiger partial charge in [-0.1, -0.05) is 0 Å². The molecule has 2 rings (SSSR count). The van der Waals surface area contributed by atoms with E-state index in [1.165, 1.54) is 0 Å². The summed E-state index contributed by atoms with van der Waals surface area (Å²) in [4.78, 5) is 11.4. The number of amides is 1. The van der Waals surface area contributed by atoms with Crippen molar-refractivity contribution in [2.45, 2.75) is 50.5 Å². The minimum Gasteiger partial charge on any atom is -0.390 e. The summed E-state index contributed by atoms with van der Waals surface area (Å²) in [5.74, 6) is 0.354. The van der Waals surface area contributed by atoms with Crippen molar-refractivity contribution < 1.29 is 9.90 Å². The van der Waals surface area contributed by atoms with Crippen molar-refractivity contribution in [1.82, 2.24) is 5.32 Å². The number of hydrogen-bond donors (Lipinski definition) is 2. The molecule has 80 valence electrons. The quantitative estimate of drug-likeness (QED) is 0.714. The molecule has 0 radical (unpaired) electrons. The number of hydrogen-bond acceptors (Lipinski definition) is 2. The maximum Gasteiger partial charge on any atom is 0.223 e. The summed E-state index contributed by atoms with van der Waals surface area (Å²) in [5.41, 5.74) is -0.419. The first-order chi connectivity index (χ1) is 6.70. The molecule has 2 aliphatic rings. The lowest BCUT2D eigenvalue weighted by Gasteiger charge is -2.37. The highest BCUT2D eigenvalue weighted by molar-refractivity contribution is 5.79. The van der Waals surface area contributed by atoms with Gasteiger partial charge in [-0.25, -0.2) is 0 Å². The Balaban J connectivity index is 1.76. The van der Waals surface area contributed by atoms with E-state index in [1.54, 1.807) is 0 Å². The van der Waals surface area contributed by atoms with Gasteiger partial charge in [0.2, 0.25) is 5.91 Å². The fourth-order valence-corrected chi connectivity index (χ4v) is 2.39. The molecule has 1 unspecified atom stereocenters. The standard InChI is InChI=1S/C11H19NO2/c13-10-9(3-1-8-12-10)4-7-11(14)5-2-6-11/h9,14H,1-8H2,(H,12,13). The van der Waals surface area contributed by atoms with Gasteiger partial charge in [0, 0.05) is 12.5 Å². The van der Waals surface area contributed by atoms with Gasteiger partial charge < -0.3 is 10.4 Å². The van der Waals surface area contributed by atoms with Crippen molar-refractivity contribution in [1.29, 1.82) is 0 Å². The molecule has 0 bridgehead atoms. The molecule has 1 heterocycles. The van der Waals surface area contributed by atoms with Crippen LogP contribution in [0.2, 0.25) is 0 Å². The van der Waals surface area contributed by atoms with Gasteiger partial charge in [-0.2, -0.15) is 0 Å². The maximum absolute atomic E-state index is 11.4. The molecule has 14 heavy (non-hydrogen) atoms. The summed E-state index contributed by atoms with van der Waals surface area (Å²) in [7, 11) is 0. The zero-order chi connectivity index (χ0) is 10.0. The Labute approximate surface area is 84.9 Å². The molecule has 2 N–H and O–H groups in total. The Kier molecular flexibility index (Phi) is 2.77. The Hall–Kier alpha value is -0.570. The summed E-state index contributed by atoms with van der Waals surface area (Å²) < 4.78 is 0. The molecule has 2 fully saturated rings. The van der Waals surface area contributed by atoms with Gasteiger partial charge in [0.15, 0.2) is 0 Å². The number of carbonyl (C=O) groups excluding carboxylic acids is 1. The van der Waals surface area contributed by atoms with Gasteiger partial charge in [-0.3, -0.25) is 4.79 Å². The van der Waals surface area contributed by atoms with Crippen LogP contribution in [-0.2, 0) is 4.79 Å². The third kappa shape index (κ3) is 2.08. The molecular weight excluding hydrogens is 178 g/mol. The molecule has 0 spiro atoms. The van der Waals surface area contributed by atoms with E-state index in [2.05, 4.69) is 5.32 Å². The van der Waals surface area contributed by atoms with Crippen LogP contribution >= 0.6 is 0 Å². The zero-order valence-corrected chi connectivity index (χ0v) is 8.59. The Morgan fingerprint density at radius 2 is 2.21 bits per heavy atom. The third-order valence-corrected chi connectivity index (χ3v) is 3.64. The van der Waals surface area contributed by atoms with Crippen molar-refractivity contribution >= 4 is 5.91 Å². The largest absolute Gasteiger partial charge is 0.390 e. The molecule has 1 aliphatic carbocycles. The van der Waals surface area contributed by atoms with Crippen LogP contribution < -0.4 is 5.32 Å². The predicted octanol–water partition coefficient (Wildman–Crippen LogP) is 1.21.